The maximum atomic E-state index is 10.8. The third kappa shape index (κ3) is 3.44. The van der Waals surface area contributed by atoms with E-state index < -0.39 is 6.04 Å². The molecular weight excluding hydrogens is 146 g/mol. The number of carbonyl (C=O) groups excluding carboxylic acids is 2. The van der Waals surface area contributed by atoms with E-state index in [0.717, 1.165) is 0 Å². The van der Waals surface area contributed by atoms with Crippen LogP contribution >= 0.6 is 0 Å². The first kappa shape index (κ1) is 9.74. The highest BCUT2D eigenvalue weighted by Crippen LogP contribution is 1.79. The Morgan fingerprint density at radius 1 is 1.18 bits per heavy atom. The van der Waals surface area contributed by atoms with E-state index in [4.69, 9.17) is 0 Å². The van der Waals surface area contributed by atoms with E-state index in [1.54, 1.807) is 6.92 Å². The van der Waals surface area contributed by atoms with Crippen LogP contribution in [0.1, 0.15) is 6.92 Å². The lowest BCUT2D eigenvalue weighted by Gasteiger charge is -2.10. The molecular formula is C6H13N3O2. The minimum Gasteiger partial charge on any atom is -0.357 e. The fourth-order valence-corrected chi connectivity index (χ4v) is 0.551. The smallest absolute Gasteiger partial charge is 0.315 e. The van der Waals surface area contributed by atoms with Crippen molar-refractivity contribution in [3.8, 4) is 0 Å². The van der Waals surface area contributed by atoms with Crippen LogP contribution in [0.5, 0.6) is 0 Å². The van der Waals surface area contributed by atoms with Gasteiger partial charge in [0.1, 0.15) is 6.04 Å². The Hall–Kier alpha value is -1.26. The minimum atomic E-state index is -0.500. The monoisotopic (exact) mass is 159 g/mol. The van der Waals surface area contributed by atoms with Gasteiger partial charge in [0.05, 0.1) is 0 Å². The molecule has 3 amide bonds. The molecule has 0 aliphatic heterocycles. The van der Waals surface area contributed by atoms with Crippen molar-refractivity contribution < 1.29 is 9.59 Å². The fourth-order valence-electron chi connectivity index (χ4n) is 0.551. The van der Waals surface area contributed by atoms with Crippen LogP contribution in [0, 0.1) is 0 Å². The van der Waals surface area contributed by atoms with E-state index in [-0.39, 0.29) is 11.9 Å². The summed E-state index contributed by atoms with van der Waals surface area (Å²) in [5.41, 5.74) is 0. The molecule has 64 valence electrons. The van der Waals surface area contributed by atoms with Gasteiger partial charge in [0.25, 0.3) is 0 Å². The van der Waals surface area contributed by atoms with Crippen molar-refractivity contribution in [3.63, 3.8) is 0 Å². The van der Waals surface area contributed by atoms with Crippen LogP contribution in [0.4, 0.5) is 4.79 Å². The molecule has 0 aliphatic rings. The maximum absolute atomic E-state index is 10.8. The Labute approximate surface area is 65.5 Å². The highest BCUT2D eigenvalue weighted by atomic mass is 16.2. The average molecular weight is 159 g/mol. The Balaban J connectivity index is 3.77. The average Bonchev–Trinajstić information content (AvgIpc) is 2.02. The van der Waals surface area contributed by atoms with Gasteiger partial charge < -0.3 is 16.0 Å². The van der Waals surface area contributed by atoms with Crippen molar-refractivity contribution in [1.82, 2.24) is 16.0 Å². The van der Waals surface area contributed by atoms with Gasteiger partial charge in [-0.3, -0.25) is 4.79 Å². The molecule has 0 rings (SSSR count). The number of rotatable bonds is 2. The van der Waals surface area contributed by atoms with Crippen LogP contribution in [0.3, 0.4) is 0 Å². The largest absolute Gasteiger partial charge is 0.357 e. The van der Waals surface area contributed by atoms with Crippen molar-refractivity contribution >= 4 is 11.9 Å². The van der Waals surface area contributed by atoms with Gasteiger partial charge >= 0.3 is 6.03 Å². The second kappa shape index (κ2) is 4.54. The van der Waals surface area contributed by atoms with Gasteiger partial charge in [-0.15, -0.1) is 0 Å². The molecule has 5 nitrogen and oxygen atoms in total. The number of likely N-dealkylation sites (N-methyl/N-ethyl adjacent to an activating group) is 1. The maximum Gasteiger partial charge on any atom is 0.315 e. The lowest BCUT2D eigenvalue weighted by molar-refractivity contribution is -0.122. The lowest BCUT2D eigenvalue weighted by atomic mass is 10.3. The standard InChI is InChI=1S/C6H13N3O2/c1-4(5(10)7-2)9-6(11)8-3/h4H,1-3H3,(H,7,10)(H2,8,9,11). The first-order valence-corrected chi connectivity index (χ1v) is 3.31. The van der Waals surface area contributed by atoms with Crippen LogP contribution in [-0.2, 0) is 4.79 Å². The summed E-state index contributed by atoms with van der Waals surface area (Å²) in [7, 11) is 3.01. The lowest BCUT2D eigenvalue weighted by Crippen LogP contribution is -2.46. The second-order valence-electron chi connectivity index (χ2n) is 2.06. The molecule has 0 saturated carbocycles. The minimum absolute atomic E-state index is 0.214. The predicted molar refractivity (Wildman–Crippen MR) is 41.1 cm³/mol. The van der Waals surface area contributed by atoms with Crippen LogP contribution in [-0.4, -0.2) is 32.1 Å². The Kier molecular flexibility index (Phi) is 4.02. The molecule has 3 N–H and O–H groups in total. The first-order valence-electron chi connectivity index (χ1n) is 3.31. The van der Waals surface area contributed by atoms with Gasteiger partial charge in [-0.25, -0.2) is 4.79 Å². The summed E-state index contributed by atoms with van der Waals surface area (Å²) in [5, 5.41) is 7.18. The summed E-state index contributed by atoms with van der Waals surface area (Å²) >= 11 is 0. The molecule has 0 saturated heterocycles. The summed E-state index contributed by atoms with van der Waals surface area (Å²) in [4.78, 5) is 21.4. The zero-order valence-corrected chi connectivity index (χ0v) is 6.89. The normalized spacial score (nSPS) is 11.5. The highest BCUT2D eigenvalue weighted by Gasteiger charge is 2.11. The van der Waals surface area contributed by atoms with E-state index in [1.165, 1.54) is 14.1 Å². The number of amides is 3. The summed E-state index contributed by atoms with van der Waals surface area (Å²) in [5.74, 6) is -0.214. The van der Waals surface area contributed by atoms with Gasteiger partial charge in [0.2, 0.25) is 5.91 Å². The Morgan fingerprint density at radius 3 is 2.09 bits per heavy atom. The predicted octanol–water partition coefficient (Wildman–Crippen LogP) is -0.950. The van der Waals surface area contributed by atoms with Crippen molar-refractivity contribution in [2.45, 2.75) is 13.0 Å². The molecule has 0 spiro atoms. The molecule has 11 heavy (non-hydrogen) atoms. The molecule has 0 aromatic carbocycles. The molecule has 0 aromatic rings. The summed E-state index contributed by atoms with van der Waals surface area (Å²) < 4.78 is 0. The second-order valence-corrected chi connectivity index (χ2v) is 2.06. The Bertz CT molecular complexity index is 158. The van der Waals surface area contributed by atoms with Crippen LogP contribution in [0.15, 0.2) is 0 Å². The molecule has 1 unspecified atom stereocenters. The number of hydrogen-bond acceptors (Lipinski definition) is 2. The highest BCUT2D eigenvalue weighted by molar-refractivity contribution is 5.86. The van der Waals surface area contributed by atoms with Crippen LogP contribution < -0.4 is 16.0 Å². The third-order valence-corrected chi connectivity index (χ3v) is 1.21. The molecule has 0 fully saturated rings. The molecule has 0 heterocycles. The van der Waals surface area contributed by atoms with E-state index >= 15 is 0 Å². The van der Waals surface area contributed by atoms with Crippen molar-refractivity contribution in [2.75, 3.05) is 14.1 Å². The Morgan fingerprint density at radius 2 is 1.73 bits per heavy atom. The van der Waals surface area contributed by atoms with Crippen LogP contribution in [0.2, 0.25) is 0 Å². The van der Waals surface area contributed by atoms with Gasteiger partial charge in [-0.05, 0) is 6.92 Å². The number of urea groups is 1. The zero-order valence-electron chi connectivity index (χ0n) is 6.89. The van der Waals surface area contributed by atoms with Gasteiger partial charge in [0.15, 0.2) is 0 Å². The van der Waals surface area contributed by atoms with Gasteiger partial charge in [-0.2, -0.15) is 0 Å². The van der Waals surface area contributed by atoms with Gasteiger partial charge in [0, 0.05) is 14.1 Å². The summed E-state index contributed by atoms with van der Waals surface area (Å²) in [6, 6.07) is -0.860. The molecule has 0 radical (unpaired) electrons. The van der Waals surface area contributed by atoms with Crippen molar-refractivity contribution in [1.29, 1.82) is 0 Å². The van der Waals surface area contributed by atoms with E-state index in [1.807, 2.05) is 0 Å². The SMILES string of the molecule is CNC(=O)NC(C)C(=O)NC. The quantitative estimate of drug-likeness (QED) is 0.486. The fraction of sp³-hybridized carbons (Fsp3) is 0.667. The number of nitrogens with one attached hydrogen (secondary N) is 3. The summed E-state index contributed by atoms with van der Waals surface area (Å²) in [6.45, 7) is 1.61. The topological polar surface area (TPSA) is 70.2 Å². The van der Waals surface area contributed by atoms with Crippen molar-refractivity contribution in [2.24, 2.45) is 0 Å². The zero-order chi connectivity index (χ0) is 8.85. The molecule has 1 atom stereocenters. The van der Waals surface area contributed by atoms with E-state index in [2.05, 4.69) is 16.0 Å². The first-order chi connectivity index (χ1) is 5.11. The molecule has 5 heteroatoms. The third-order valence-electron chi connectivity index (χ3n) is 1.21. The number of hydrogen-bond donors (Lipinski definition) is 3. The molecule has 0 bridgehead atoms. The van der Waals surface area contributed by atoms with Crippen LogP contribution in [0.25, 0.3) is 0 Å². The van der Waals surface area contributed by atoms with E-state index in [9.17, 15) is 9.59 Å². The summed E-state index contributed by atoms with van der Waals surface area (Å²) in [6.07, 6.45) is 0. The molecule has 0 aliphatic carbocycles. The molecule has 0 aromatic heterocycles. The van der Waals surface area contributed by atoms with E-state index in [0.29, 0.717) is 0 Å². The van der Waals surface area contributed by atoms with Gasteiger partial charge in [-0.1, -0.05) is 0 Å². The number of carbonyl (C=O) groups is 2. The van der Waals surface area contributed by atoms with Crippen molar-refractivity contribution in [3.05, 3.63) is 0 Å².